The van der Waals surface area contributed by atoms with E-state index in [-0.39, 0.29) is 30.2 Å². The Balaban J connectivity index is 1.25. The van der Waals surface area contributed by atoms with E-state index in [0.717, 1.165) is 10.5 Å². The van der Waals surface area contributed by atoms with Crippen molar-refractivity contribution in [3.05, 3.63) is 207 Å². The number of fused-ring (bicyclic) bond motifs is 3. The maximum absolute atomic E-state index is 16.1. The number of amides is 2. The average Bonchev–Trinajstić information content (AvgIpc) is 3.82. The Morgan fingerprint density at radius 1 is 0.812 bits per heavy atom. The van der Waals surface area contributed by atoms with Gasteiger partial charge < -0.3 is 24.4 Å². The van der Waals surface area contributed by atoms with Gasteiger partial charge in [-0.05, 0) is 82.9 Å². The molecule has 3 aliphatic rings. The first kappa shape index (κ1) is 46.0. The molecule has 0 aromatic heterocycles. The lowest BCUT2D eigenvalue weighted by Crippen LogP contribution is -2.53. The van der Waals surface area contributed by atoms with Crippen LogP contribution in [0.25, 0.3) is 0 Å². The number of nitro groups is 1. The molecule has 0 bridgehead atoms. The van der Waals surface area contributed by atoms with E-state index in [1.165, 1.54) is 30.3 Å². The zero-order valence-electron chi connectivity index (χ0n) is 37.3. The first-order valence-electron chi connectivity index (χ1n) is 22.3. The molecule has 6 unspecified atom stereocenters. The number of imide groups is 1. The number of morpholine rings is 1. The fourth-order valence-corrected chi connectivity index (χ4v) is 10.0. The van der Waals surface area contributed by atoms with Gasteiger partial charge in [0.1, 0.15) is 42.4 Å². The van der Waals surface area contributed by atoms with Gasteiger partial charge >= 0.3 is 18.0 Å². The summed E-state index contributed by atoms with van der Waals surface area (Å²) in [5.74, 6) is 1.47. The number of hydrogen-bond donors (Lipinski definition) is 2. The van der Waals surface area contributed by atoms with Crippen LogP contribution in [0.2, 0.25) is 0 Å². The molecule has 9 rings (SSSR count). The molecule has 1 spiro atoms. The Morgan fingerprint density at radius 3 is 2.14 bits per heavy atom. The van der Waals surface area contributed by atoms with Crippen molar-refractivity contribution < 1.29 is 48.5 Å². The monoisotopic (exact) mass is 926 g/mol. The molecule has 0 radical (unpaired) electrons. The maximum Gasteiger partial charge on any atom is 0.421 e. The van der Waals surface area contributed by atoms with Gasteiger partial charge in [0.25, 0.3) is 5.69 Å². The second-order valence-corrected chi connectivity index (χ2v) is 17.1. The summed E-state index contributed by atoms with van der Waals surface area (Å²) in [6, 6.07) is 41.2. The number of anilines is 1. The molecule has 0 aliphatic carbocycles. The molecule has 6 aromatic carbocycles. The van der Waals surface area contributed by atoms with Crippen LogP contribution in [-0.2, 0) is 42.4 Å². The van der Waals surface area contributed by atoms with Crippen molar-refractivity contribution in [2.75, 3.05) is 31.7 Å². The third-order valence-electron chi connectivity index (χ3n) is 12.8. The van der Waals surface area contributed by atoms with E-state index in [2.05, 4.69) is 11.8 Å². The number of benzene rings is 6. The molecule has 3 aliphatic heterocycles. The van der Waals surface area contributed by atoms with Crippen molar-refractivity contribution in [3.8, 4) is 17.6 Å². The van der Waals surface area contributed by atoms with Crippen molar-refractivity contribution in [2.45, 2.75) is 42.8 Å². The van der Waals surface area contributed by atoms with Crippen molar-refractivity contribution in [3.63, 3.8) is 0 Å². The first-order valence-corrected chi connectivity index (χ1v) is 22.3. The van der Waals surface area contributed by atoms with E-state index in [4.69, 9.17) is 14.2 Å². The van der Waals surface area contributed by atoms with Gasteiger partial charge in [-0.1, -0.05) is 115 Å². The predicted molar refractivity (Wildman–Crippen MR) is 252 cm³/mol. The van der Waals surface area contributed by atoms with Crippen LogP contribution < -0.4 is 9.64 Å². The summed E-state index contributed by atoms with van der Waals surface area (Å²) >= 11 is 0. The lowest BCUT2D eigenvalue weighted by Gasteiger charge is -2.46. The number of nitro benzene ring substituents is 1. The zero-order chi connectivity index (χ0) is 48.2. The summed E-state index contributed by atoms with van der Waals surface area (Å²) < 4.78 is 18.1. The van der Waals surface area contributed by atoms with Gasteiger partial charge in [-0.2, -0.15) is 0 Å². The highest BCUT2D eigenvalue weighted by atomic mass is 16.6. The van der Waals surface area contributed by atoms with Gasteiger partial charge in [0.15, 0.2) is 0 Å². The first-order chi connectivity index (χ1) is 33.5. The molecule has 15 heteroatoms. The number of carboxylic acids is 1. The molecule has 2 saturated heterocycles. The lowest BCUT2D eigenvalue weighted by molar-refractivity contribution is -0.384. The predicted octanol–water partition coefficient (Wildman–Crippen LogP) is 7.54. The molecule has 69 heavy (non-hydrogen) atoms. The molecule has 15 nitrogen and oxygen atoms in total. The minimum atomic E-state index is -2.26. The molecule has 348 valence electrons. The van der Waals surface area contributed by atoms with E-state index in [0.29, 0.717) is 46.7 Å². The highest BCUT2D eigenvalue weighted by Gasteiger charge is 2.76. The molecular formula is C54H46N4O11. The Hall–Kier alpha value is -8.16. The number of rotatable bonds is 13. The van der Waals surface area contributed by atoms with E-state index >= 15 is 4.79 Å². The van der Waals surface area contributed by atoms with E-state index in [9.17, 15) is 34.7 Å². The number of aliphatic carboxylic acids is 1. The van der Waals surface area contributed by atoms with Gasteiger partial charge in [-0.15, -0.1) is 0 Å². The van der Waals surface area contributed by atoms with Gasteiger partial charge in [0.05, 0.1) is 35.8 Å². The number of aliphatic hydroxyl groups excluding tert-OH is 1. The molecule has 2 N–H and O–H groups in total. The summed E-state index contributed by atoms with van der Waals surface area (Å²) in [5, 5.41) is 32.8. The number of carbonyl (C=O) groups excluding carboxylic acids is 3. The van der Waals surface area contributed by atoms with E-state index < -0.39 is 71.0 Å². The molecule has 0 saturated carbocycles. The summed E-state index contributed by atoms with van der Waals surface area (Å²) in [6.07, 6.45) is -2.14. The highest BCUT2D eigenvalue weighted by molar-refractivity contribution is 6.23. The minimum absolute atomic E-state index is 0.0217. The van der Waals surface area contributed by atoms with Crippen LogP contribution in [0.15, 0.2) is 158 Å². The fourth-order valence-electron chi connectivity index (χ4n) is 10.0. The smallest absolute Gasteiger partial charge is 0.421 e. The zero-order valence-corrected chi connectivity index (χ0v) is 37.3. The lowest BCUT2D eigenvalue weighted by atomic mass is 9.65. The second kappa shape index (κ2) is 19.6. The number of carbonyl (C=O) groups is 4. The number of esters is 1. The summed E-state index contributed by atoms with van der Waals surface area (Å²) in [5.41, 5.74) is 1.26. The van der Waals surface area contributed by atoms with Crippen LogP contribution in [0.1, 0.15) is 57.1 Å². The number of aliphatic hydroxyl groups is 1. The maximum atomic E-state index is 16.1. The number of hydrogen-bond acceptors (Lipinski definition) is 12. The molecule has 2 fully saturated rings. The van der Waals surface area contributed by atoms with Crippen molar-refractivity contribution >= 4 is 35.3 Å². The fraction of sp³-hybridized carbons (Fsp3) is 0.222. The van der Waals surface area contributed by atoms with Gasteiger partial charge in [-0.3, -0.25) is 34.3 Å². The van der Waals surface area contributed by atoms with Crippen molar-refractivity contribution in [1.29, 1.82) is 0 Å². The molecular weight excluding hydrogens is 881 g/mol. The summed E-state index contributed by atoms with van der Waals surface area (Å²) in [4.78, 5) is 75.5. The third kappa shape index (κ3) is 8.68. The summed E-state index contributed by atoms with van der Waals surface area (Å²) in [7, 11) is 1.93. The van der Waals surface area contributed by atoms with Crippen LogP contribution in [0.5, 0.6) is 5.75 Å². The van der Waals surface area contributed by atoms with E-state index in [1.807, 2.05) is 90.8 Å². The average molecular weight is 927 g/mol. The quantitative estimate of drug-likeness (QED) is 0.0501. The van der Waals surface area contributed by atoms with Crippen LogP contribution in [-0.4, -0.2) is 81.7 Å². The van der Waals surface area contributed by atoms with Gasteiger partial charge in [0.2, 0.25) is 5.91 Å². The number of cyclic esters (lactones) is 1. The largest absolute Gasteiger partial charge is 0.491 e. The van der Waals surface area contributed by atoms with Crippen molar-refractivity contribution in [1.82, 2.24) is 9.80 Å². The number of non-ortho nitro benzene ring substituents is 1. The molecule has 3 heterocycles. The highest BCUT2D eigenvalue weighted by Crippen LogP contribution is 2.66. The topological polar surface area (TPSA) is 189 Å². The minimum Gasteiger partial charge on any atom is -0.491 e. The SMILES string of the molecule is CN(CC#Cc1ccc2c(c1)C1(C(=O)N2C(=O)OCc2ccc([N+](=O)[O-])cc2)C(C(=O)O)C2C(=O)OC(c3ccccc3)C(c3ccccc3)N2C1c1cccc(OCCO)c1)Cc1ccccc1. The Kier molecular flexibility index (Phi) is 13.1. The normalized spacial score (nSPS) is 21.5. The van der Waals surface area contributed by atoms with E-state index in [1.54, 1.807) is 53.4 Å². The number of nitrogens with zero attached hydrogens (tertiary/aromatic N) is 4. The summed E-state index contributed by atoms with van der Waals surface area (Å²) in [6.45, 7) is 0.199. The molecule has 6 aromatic rings. The Morgan fingerprint density at radius 2 is 1.48 bits per heavy atom. The number of carboxylic acid groups (broad SMARTS) is 1. The van der Waals surface area contributed by atoms with Crippen LogP contribution in [0.3, 0.4) is 0 Å². The Bertz CT molecular complexity index is 2960. The molecule has 6 atom stereocenters. The standard InChI is InChI=1S/C54H46N4O11/c1-55(33-36-13-5-2-6-14-36)28-12-15-35-24-27-44-43(31-35)54(52(63)56(44)53(64)68-34-37-22-25-41(26-23-37)58(65)66)45(50(60)61)47-51(62)69-48(39-18-9-4-10-19-39)46(38-16-7-3-8-17-38)57(47)49(54)40-20-11-21-42(32-40)67-30-29-59/h2-11,13-14,16-27,31-32,45-49,59H,28-30,33-34H2,1H3,(H,60,61). The number of ether oxygens (including phenoxy) is 3. The van der Waals surface area contributed by atoms with Crippen molar-refractivity contribution in [2.24, 2.45) is 5.92 Å². The molecule has 2 amide bonds. The third-order valence-corrected chi connectivity index (χ3v) is 12.8. The van der Waals surface area contributed by atoms with Gasteiger partial charge in [0, 0.05) is 24.2 Å². The Labute approximate surface area is 397 Å². The van der Waals surface area contributed by atoms with Crippen LogP contribution >= 0.6 is 0 Å². The second-order valence-electron chi connectivity index (χ2n) is 17.1. The van der Waals surface area contributed by atoms with Crippen LogP contribution in [0, 0.1) is 27.9 Å². The van der Waals surface area contributed by atoms with Gasteiger partial charge in [-0.25, -0.2) is 9.69 Å². The van der Waals surface area contributed by atoms with Crippen LogP contribution in [0.4, 0.5) is 16.2 Å².